The van der Waals surface area contributed by atoms with Crippen molar-refractivity contribution in [3.8, 4) is 0 Å². The number of carboxylic acid groups (broad SMARTS) is 1. The van der Waals surface area contributed by atoms with Crippen LogP contribution in [0.3, 0.4) is 0 Å². The third-order valence-electron chi connectivity index (χ3n) is 2.37. The van der Waals surface area contributed by atoms with Crippen LogP contribution in [0.5, 0.6) is 0 Å². The second-order valence-corrected chi connectivity index (χ2v) is 3.50. The molecule has 1 aliphatic rings. The summed E-state index contributed by atoms with van der Waals surface area (Å²) in [6.45, 7) is 0. The molecule has 0 aromatic rings. The minimum Gasteiger partial charge on any atom is -0.500 e. The number of carboxylic acids is 1. The van der Waals surface area contributed by atoms with Gasteiger partial charge in [-0.3, -0.25) is 5.41 Å². The molecule has 0 aromatic heterocycles. The predicted octanol–water partition coefficient (Wildman–Crippen LogP) is 2.18. The van der Waals surface area contributed by atoms with Crippen molar-refractivity contribution >= 4 is 23.3 Å². The molecule has 0 saturated heterocycles. The Kier molecular flexibility index (Phi) is 4.31. The molecule has 0 bridgehead atoms. The molecule has 5 heteroatoms. The van der Waals surface area contributed by atoms with Gasteiger partial charge < -0.3 is 9.84 Å². The molecule has 0 heterocycles. The second kappa shape index (κ2) is 5.51. The average Bonchev–Trinajstić information content (AvgIpc) is 2.28. The topological polar surface area (TPSA) is 70.4 Å². The lowest BCUT2D eigenvalue weighted by Gasteiger charge is -2.25. The molecule has 4 nitrogen and oxygen atoms in total. The fourth-order valence-corrected chi connectivity index (χ4v) is 1.75. The van der Waals surface area contributed by atoms with E-state index in [2.05, 4.69) is 0 Å². The van der Waals surface area contributed by atoms with Crippen molar-refractivity contribution in [1.82, 2.24) is 0 Å². The number of hydrogen-bond acceptors (Lipinski definition) is 3. The zero-order valence-electron chi connectivity index (χ0n) is 8.68. The molecular formula is C11H12ClNO3. The molecule has 1 aliphatic carbocycles. The van der Waals surface area contributed by atoms with Crippen molar-refractivity contribution in [3.63, 3.8) is 0 Å². The molecule has 0 radical (unpaired) electrons. The number of hydrogen-bond donors (Lipinski definition) is 2. The van der Waals surface area contributed by atoms with Gasteiger partial charge in [-0.25, -0.2) is 4.79 Å². The van der Waals surface area contributed by atoms with E-state index in [9.17, 15) is 4.79 Å². The molecular weight excluding hydrogens is 230 g/mol. The molecule has 0 aromatic carbocycles. The number of carbonyl (C=O) groups is 1. The number of methoxy groups -OCH3 is 1. The highest BCUT2D eigenvalue weighted by Crippen LogP contribution is 2.29. The summed E-state index contributed by atoms with van der Waals surface area (Å²) in [6, 6.07) is 0. The van der Waals surface area contributed by atoms with Crippen LogP contribution in [0.25, 0.3) is 0 Å². The van der Waals surface area contributed by atoms with Crippen LogP contribution in [-0.2, 0) is 9.53 Å². The van der Waals surface area contributed by atoms with Gasteiger partial charge in [0.15, 0.2) is 0 Å². The molecule has 2 atom stereocenters. The zero-order valence-corrected chi connectivity index (χ0v) is 9.44. The fraction of sp³-hybridized carbons (Fsp3) is 0.273. The van der Waals surface area contributed by atoms with Crippen LogP contribution >= 0.6 is 11.6 Å². The van der Waals surface area contributed by atoms with Gasteiger partial charge in [-0.1, -0.05) is 29.8 Å². The number of halogens is 1. The largest absolute Gasteiger partial charge is 0.500 e. The molecule has 0 amide bonds. The smallest absolute Gasteiger partial charge is 0.350 e. The summed E-state index contributed by atoms with van der Waals surface area (Å²) < 4.78 is 5.13. The van der Waals surface area contributed by atoms with Gasteiger partial charge in [0.05, 0.1) is 7.11 Å². The Bertz CT molecular complexity index is 385. The lowest BCUT2D eigenvalue weighted by atomic mass is 9.83. The number of rotatable bonds is 4. The third kappa shape index (κ3) is 2.52. The van der Waals surface area contributed by atoms with Crippen LogP contribution in [0.15, 0.2) is 35.6 Å². The maximum Gasteiger partial charge on any atom is 0.350 e. The van der Waals surface area contributed by atoms with Gasteiger partial charge in [0.1, 0.15) is 11.5 Å². The van der Waals surface area contributed by atoms with Gasteiger partial charge in [-0.15, -0.1) is 0 Å². The van der Waals surface area contributed by atoms with E-state index in [0.717, 1.165) is 0 Å². The van der Waals surface area contributed by atoms with Gasteiger partial charge in [0, 0.05) is 17.4 Å². The molecule has 86 valence electrons. The molecule has 2 unspecified atom stereocenters. The maximum atomic E-state index is 10.8. The molecule has 2 N–H and O–H groups in total. The summed E-state index contributed by atoms with van der Waals surface area (Å²) in [7, 11) is 1.50. The third-order valence-corrected chi connectivity index (χ3v) is 2.52. The van der Waals surface area contributed by atoms with E-state index in [4.69, 9.17) is 26.9 Å². The SMILES string of the molecule is COC1=CC=CC(C(=N)C(=O)O)C1/C=C/Cl. The first-order valence-electron chi connectivity index (χ1n) is 4.62. The van der Waals surface area contributed by atoms with Gasteiger partial charge in [0.2, 0.25) is 0 Å². The van der Waals surface area contributed by atoms with E-state index < -0.39 is 11.9 Å². The van der Waals surface area contributed by atoms with Crippen LogP contribution in [0.1, 0.15) is 0 Å². The van der Waals surface area contributed by atoms with E-state index in [0.29, 0.717) is 5.76 Å². The summed E-state index contributed by atoms with van der Waals surface area (Å²) in [5.74, 6) is -1.53. The molecule has 1 rings (SSSR count). The Hall–Kier alpha value is -1.55. The van der Waals surface area contributed by atoms with Gasteiger partial charge >= 0.3 is 5.97 Å². The van der Waals surface area contributed by atoms with Crippen LogP contribution < -0.4 is 0 Å². The summed E-state index contributed by atoms with van der Waals surface area (Å²) in [5, 5.41) is 16.3. The Morgan fingerprint density at radius 1 is 1.69 bits per heavy atom. The van der Waals surface area contributed by atoms with Gasteiger partial charge in [-0.2, -0.15) is 0 Å². The van der Waals surface area contributed by atoms with E-state index in [1.165, 1.54) is 12.6 Å². The fourth-order valence-electron chi connectivity index (χ4n) is 1.59. The Morgan fingerprint density at radius 3 is 2.88 bits per heavy atom. The monoisotopic (exact) mass is 241 g/mol. The van der Waals surface area contributed by atoms with E-state index in [1.807, 2.05) is 0 Å². The molecule has 0 aliphatic heterocycles. The van der Waals surface area contributed by atoms with Crippen molar-refractivity contribution in [1.29, 1.82) is 5.41 Å². The predicted molar refractivity (Wildman–Crippen MR) is 61.6 cm³/mol. The highest BCUT2D eigenvalue weighted by molar-refractivity contribution is 6.35. The highest BCUT2D eigenvalue weighted by atomic mass is 35.5. The Balaban J connectivity index is 3.01. The summed E-state index contributed by atoms with van der Waals surface area (Å²) >= 11 is 5.50. The van der Waals surface area contributed by atoms with E-state index in [1.54, 1.807) is 24.3 Å². The zero-order chi connectivity index (χ0) is 12.1. The first kappa shape index (κ1) is 12.5. The molecule has 0 spiro atoms. The van der Waals surface area contributed by atoms with Crippen LogP contribution in [0.2, 0.25) is 0 Å². The lowest BCUT2D eigenvalue weighted by molar-refractivity contribution is -0.129. The highest BCUT2D eigenvalue weighted by Gasteiger charge is 2.30. The number of nitrogens with one attached hydrogen (secondary N) is 1. The molecule has 16 heavy (non-hydrogen) atoms. The van der Waals surface area contributed by atoms with Gasteiger partial charge in [0.25, 0.3) is 0 Å². The van der Waals surface area contributed by atoms with E-state index >= 15 is 0 Å². The minimum atomic E-state index is -1.24. The maximum absolute atomic E-state index is 10.8. The summed E-state index contributed by atoms with van der Waals surface area (Å²) in [6.07, 6.45) is 6.68. The first-order valence-corrected chi connectivity index (χ1v) is 5.06. The average molecular weight is 242 g/mol. The summed E-state index contributed by atoms with van der Waals surface area (Å²) in [4.78, 5) is 10.8. The summed E-state index contributed by atoms with van der Waals surface area (Å²) in [5.41, 5.74) is 0.928. The number of ether oxygens (including phenoxy) is 1. The van der Waals surface area contributed by atoms with Crippen LogP contribution in [-0.4, -0.2) is 23.9 Å². The molecule has 0 fully saturated rings. The second-order valence-electron chi connectivity index (χ2n) is 3.25. The van der Waals surface area contributed by atoms with E-state index in [-0.39, 0.29) is 11.6 Å². The van der Waals surface area contributed by atoms with Crippen molar-refractivity contribution in [2.75, 3.05) is 7.11 Å². The number of allylic oxidation sites excluding steroid dienone is 4. The van der Waals surface area contributed by atoms with Crippen molar-refractivity contribution in [2.45, 2.75) is 0 Å². The van der Waals surface area contributed by atoms with Crippen molar-refractivity contribution in [3.05, 3.63) is 35.6 Å². The number of aliphatic carboxylic acids is 1. The standard InChI is InChI=1S/C11H12ClNO3/c1-16-9-4-2-3-8(7(9)5-6-12)10(13)11(14)15/h2-8,13H,1H3,(H,14,15)/b6-5+,13-10?. The quantitative estimate of drug-likeness (QED) is 0.741. The van der Waals surface area contributed by atoms with Crippen LogP contribution in [0, 0.1) is 17.2 Å². The Labute approximate surface area is 98.4 Å². The Morgan fingerprint density at radius 2 is 2.38 bits per heavy atom. The first-order chi connectivity index (χ1) is 7.61. The normalized spacial score (nSPS) is 24.2. The van der Waals surface area contributed by atoms with Crippen molar-refractivity contribution in [2.24, 2.45) is 11.8 Å². The van der Waals surface area contributed by atoms with Crippen molar-refractivity contribution < 1.29 is 14.6 Å². The molecule has 0 saturated carbocycles. The van der Waals surface area contributed by atoms with Gasteiger partial charge in [-0.05, 0) is 6.08 Å². The minimum absolute atomic E-state index is 0.337. The lowest BCUT2D eigenvalue weighted by Crippen LogP contribution is -2.29. The van der Waals surface area contributed by atoms with Crippen LogP contribution in [0.4, 0.5) is 0 Å².